The molecule has 4 aromatic carbocycles. The van der Waals surface area contributed by atoms with Gasteiger partial charge in [0.15, 0.2) is 0 Å². The van der Waals surface area contributed by atoms with Gasteiger partial charge in [-0.15, -0.1) is 0 Å². The van der Waals surface area contributed by atoms with Crippen molar-refractivity contribution in [3.8, 4) is 22.3 Å². The van der Waals surface area contributed by atoms with Crippen LogP contribution >= 0.6 is 11.6 Å². The smallest absolute Gasteiger partial charge is 0.332 e. The molecular weight excluding hydrogens is 858 g/mol. The zero-order valence-corrected chi connectivity index (χ0v) is 36.7. The molecule has 0 unspecified atom stereocenters. The third-order valence-corrected chi connectivity index (χ3v) is 11.0. The maximum absolute atomic E-state index is 14.0. The fourth-order valence-electron chi connectivity index (χ4n) is 7.66. The average Bonchev–Trinajstić information content (AvgIpc) is 3.31. The predicted molar refractivity (Wildman–Crippen MR) is 248 cm³/mol. The molecule has 0 bridgehead atoms. The average molecular weight is 905 g/mol. The largest absolute Gasteiger partial charge is 0.400 e. The number of aromatic nitrogens is 6. The number of fused-ring (bicyclic) bond motifs is 2. The first kappa shape index (κ1) is 47.6. The van der Waals surface area contributed by atoms with Crippen LogP contribution in [0.3, 0.4) is 0 Å². The molecule has 0 spiro atoms. The fraction of sp³-hybridized carbons (Fsp3) is 0.224. The summed E-state index contributed by atoms with van der Waals surface area (Å²) in [6.45, 7) is -0.0889. The van der Waals surface area contributed by atoms with Crippen molar-refractivity contribution in [2.75, 3.05) is 20.3 Å². The second-order valence-electron chi connectivity index (χ2n) is 14.9. The zero-order valence-electron chi connectivity index (χ0n) is 35.9. The summed E-state index contributed by atoms with van der Waals surface area (Å²) in [4.78, 5) is 61.2. The molecule has 13 nitrogen and oxygen atoms in total. The molecule has 8 rings (SSSR count). The Morgan fingerprint density at radius 3 is 1.38 bits per heavy atom. The van der Waals surface area contributed by atoms with Crippen LogP contribution in [0.1, 0.15) is 35.1 Å². The van der Waals surface area contributed by atoms with Gasteiger partial charge >= 0.3 is 11.4 Å². The highest BCUT2D eigenvalue weighted by atomic mass is 35.5. The van der Waals surface area contributed by atoms with Crippen molar-refractivity contribution in [1.82, 2.24) is 28.2 Å². The predicted octanol–water partition coefficient (Wildman–Crippen LogP) is 6.01. The maximum atomic E-state index is 14.0. The van der Waals surface area contributed by atoms with E-state index in [1.54, 1.807) is 62.9 Å². The Morgan fingerprint density at radius 2 is 0.985 bits per heavy atom. The molecule has 16 heteroatoms. The van der Waals surface area contributed by atoms with E-state index in [9.17, 15) is 38.2 Å². The van der Waals surface area contributed by atoms with Crippen LogP contribution in [0.2, 0.25) is 5.02 Å². The Morgan fingerprint density at radius 1 is 0.569 bits per heavy atom. The second kappa shape index (κ2) is 21.6. The number of aryl methyl sites for hydroxylation is 2. The Labute approximate surface area is 376 Å². The van der Waals surface area contributed by atoms with Gasteiger partial charge in [0, 0.05) is 76.1 Å². The minimum absolute atomic E-state index is 0.0858. The van der Waals surface area contributed by atoms with Gasteiger partial charge < -0.3 is 15.3 Å². The van der Waals surface area contributed by atoms with Crippen LogP contribution in [0.4, 0.5) is 8.78 Å². The molecule has 0 radical (unpaired) electrons. The van der Waals surface area contributed by atoms with Crippen LogP contribution in [0.25, 0.3) is 44.3 Å². The van der Waals surface area contributed by atoms with Gasteiger partial charge in [-0.3, -0.25) is 27.9 Å². The molecule has 0 atom stereocenters. The van der Waals surface area contributed by atoms with Gasteiger partial charge in [-0.05, 0) is 95.5 Å². The Balaban J connectivity index is 0.000000208. The number of rotatable bonds is 12. The number of aliphatic hydroxyl groups is 3. The van der Waals surface area contributed by atoms with E-state index < -0.39 is 28.3 Å². The highest BCUT2D eigenvalue weighted by molar-refractivity contribution is 6.30. The summed E-state index contributed by atoms with van der Waals surface area (Å²) in [5.41, 5.74) is 4.24. The first-order chi connectivity index (χ1) is 31.4. The molecule has 4 heterocycles. The van der Waals surface area contributed by atoms with Crippen molar-refractivity contribution in [2.24, 2.45) is 14.1 Å². The van der Waals surface area contributed by atoms with E-state index in [1.165, 1.54) is 33.4 Å². The van der Waals surface area contributed by atoms with Gasteiger partial charge in [0.05, 0.1) is 10.8 Å². The minimum Gasteiger partial charge on any atom is -0.400 e. The summed E-state index contributed by atoms with van der Waals surface area (Å²) in [5, 5.41) is 26.6. The maximum Gasteiger partial charge on any atom is 0.332 e. The Kier molecular flexibility index (Phi) is 15.8. The quantitative estimate of drug-likeness (QED) is 0.133. The Hall–Kier alpha value is -6.91. The van der Waals surface area contributed by atoms with Crippen molar-refractivity contribution in [2.45, 2.75) is 38.8 Å². The summed E-state index contributed by atoms with van der Waals surface area (Å²) in [7, 11) is 4.13. The standard InChI is InChI=1S/C24H21ClFN3O3.C24H22FN3O3.CH4O/c1-28-22-21(23(31)29(24(28)32)10-3-11-30)19(12-15-6-8-17(25)9-7-15)20(14-27-22)16-4-2-5-18(26)13-16;1-27-22-21(23(30)28(24(27)31)11-6-12-29)19(13-16-7-3-2-4-8-16)20(15-26-22)17-9-5-10-18(25)14-17;1-2/h2,4-9,13-14,30H,3,10-12H2,1H3;2-5,7-10,14-15,29H,6,11-13H2,1H3;2H,1H3. The third kappa shape index (κ3) is 10.4. The molecule has 0 aliphatic heterocycles. The van der Waals surface area contributed by atoms with Gasteiger partial charge in [0.25, 0.3) is 11.1 Å². The molecule has 0 aliphatic rings. The van der Waals surface area contributed by atoms with Crippen molar-refractivity contribution in [3.63, 3.8) is 0 Å². The molecule has 4 aromatic heterocycles. The number of hydrogen-bond donors (Lipinski definition) is 3. The van der Waals surface area contributed by atoms with Crippen LogP contribution in [-0.4, -0.2) is 63.9 Å². The molecule has 0 saturated carbocycles. The number of pyridine rings is 2. The van der Waals surface area contributed by atoms with Gasteiger partial charge in [-0.25, -0.2) is 28.3 Å². The summed E-state index contributed by atoms with van der Waals surface area (Å²) >= 11 is 6.02. The molecule has 336 valence electrons. The van der Waals surface area contributed by atoms with Crippen molar-refractivity contribution in [1.29, 1.82) is 0 Å². The molecule has 0 saturated heterocycles. The summed E-state index contributed by atoms with van der Waals surface area (Å²) in [6.07, 6.45) is 4.48. The van der Waals surface area contributed by atoms with Crippen LogP contribution in [0.15, 0.2) is 135 Å². The van der Waals surface area contributed by atoms with Gasteiger partial charge in [-0.1, -0.05) is 78.3 Å². The lowest BCUT2D eigenvalue weighted by atomic mass is 9.94. The first-order valence-electron chi connectivity index (χ1n) is 20.6. The van der Waals surface area contributed by atoms with Crippen LogP contribution in [0.5, 0.6) is 0 Å². The topological polar surface area (TPSA) is 174 Å². The highest BCUT2D eigenvalue weighted by Gasteiger charge is 2.22. The molecule has 3 N–H and O–H groups in total. The SMILES string of the molecule is CO.Cn1c(=O)n(CCCO)c(=O)c2c(Cc3ccc(Cl)cc3)c(-c3cccc(F)c3)cnc21.Cn1c(=O)n(CCCO)c(=O)c2c(Cc3ccccc3)c(-c3cccc(F)c3)cnc21. The molecular formula is C49H47ClF2N6O7. The monoisotopic (exact) mass is 904 g/mol. The van der Waals surface area contributed by atoms with E-state index in [0.29, 0.717) is 62.0 Å². The van der Waals surface area contributed by atoms with Crippen molar-refractivity contribution in [3.05, 3.63) is 196 Å². The second-order valence-corrected chi connectivity index (χ2v) is 15.4. The van der Waals surface area contributed by atoms with Crippen molar-refractivity contribution >= 4 is 33.7 Å². The lowest BCUT2D eigenvalue weighted by Gasteiger charge is -2.16. The van der Waals surface area contributed by atoms with Crippen LogP contribution in [0, 0.1) is 11.6 Å². The lowest BCUT2D eigenvalue weighted by molar-refractivity contribution is 0.277. The Bertz CT molecular complexity index is 3210. The first-order valence-corrected chi connectivity index (χ1v) is 21.0. The van der Waals surface area contributed by atoms with E-state index in [1.807, 2.05) is 42.5 Å². The van der Waals surface area contributed by atoms with Crippen molar-refractivity contribution < 1.29 is 24.1 Å². The summed E-state index contributed by atoms with van der Waals surface area (Å²) in [6, 6.07) is 29.1. The van der Waals surface area contributed by atoms with E-state index in [0.717, 1.165) is 27.4 Å². The fourth-order valence-corrected chi connectivity index (χ4v) is 7.78. The molecule has 0 fully saturated rings. The van der Waals surface area contributed by atoms with Gasteiger partial charge in [0.2, 0.25) is 0 Å². The number of aliphatic hydroxyl groups excluding tert-OH is 3. The number of benzene rings is 4. The van der Waals surface area contributed by atoms with E-state index >= 15 is 0 Å². The van der Waals surface area contributed by atoms with Crippen LogP contribution < -0.4 is 22.5 Å². The number of halogens is 3. The van der Waals surface area contributed by atoms with Gasteiger partial charge in [-0.2, -0.15) is 0 Å². The normalized spacial score (nSPS) is 11.0. The molecule has 8 aromatic rings. The number of hydrogen-bond acceptors (Lipinski definition) is 9. The molecule has 65 heavy (non-hydrogen) atoms. The number of nitrogens with zero attached hydrogens (tertiary/aromatic N) is 6. The van der Waals surface area contributed by atoms with E-state index in [4.69, 9.17) is 16.7 Å². The molecule has 0 amide bonds. The highest BCUT2D eigenvalue weighted by Crippen LogP contribution is 2.31. The minimum atomic E-state index is -0.501. The third-order valence-electron chi connectivity index (χ3n) is 10.8. The lowest BCUT2D eigenvalue weighted by Crippen LogP contribution is -2.40. The van der Waals surface area contributed by atoms with E-state index in [-0.39, 0.29) is 56.3 Å². The summed E-state index contributed by atoms with van der Waals surface area (Å²) in [5.74, 6) is -0.787. The van der Waals surface area contributed by atoms with Crippen LogP contribution in [-0.2, 0) is 40.0 Å². The summed E-state index contributed by atoms with van der Waals surface area (Å²) < 4.78 is 32.9. The zero-order chi connectivity index (χ0) is 46.8. The van der Waals surface area contributed by atoms with E-state index in [2.05, 4.69) is 9.97 Å². The van der Waals surface area contributed by atoms with Gasteiger partial charge in [0.1, 0.15) is 22.9 Å². The molecule has 0 aliphatic carbocycles.